The second-order valence-corrected chi connectivity index (χ2v) is 9.57. The van der Waals surface area contributed by atoms with Crippen molar-refractivity contribution < 1.29 is 21.6 Å². The Morgan fingerprint density at radius 1 is 1.00 bits per heavy atom. The van der Waals surface area contributed by atoms with Gasteiger partial charge in [0.2, 0.25) is 9.84 Å². The maximum Gasteiger partial charge on any atom is 0.417 e. The predicted molar refractivity (Wildman–Crippen MR) is 117 cm³/mol. The van der Waals surface area contributed by atoms with Crippen LogP contribution in [0.3, 0.4) is 0 Å². The fourth-order valence-electron chi connectivity index (χ4n) is 3.34. The van der Waals surface area contributed by atoms with Crippen LogP contribution in [0, 0.1) is 0 Å². The molecule has 170 valence electrons. The molecule has 0 fully saturated rings. The van der Waals surface area contributed by atoms with Gasteiger partial charge in [-0.05, 0) is 36.6 Å². The van der Waals surface area contributed by atoms with Crippen LogP contribution >= 0.6 is 0 Å². The van der Waals surface area contributed by atoms with Crippen LogP contribution in [0.1, 0.15) is 37.8 Å². The SMILES string of the molecule is CCN(C)c1cc(-c2ccc(S(=O)(=O)c3ccccc3C(C)C)c(C(F)(F)F)c2)ncn1. The molecule has 3 aromatic rings. The Balaban J connectivity index is 2.20. The number of nitrogens with zero attached hydrogens (tertiary/aromatic N) is 3. The molecule has 5 nitrogen and oxygen atoms in total. The molecular formula is C23H24F3N3O2S. The summed E-state index contributed by atoms with van der Waals surface area (Å²) in [4.78, 5) is 9.13. The summed E-state index contributed by atoms with van der Waals surface area (Å²) in [5, 5.41) is 0. The van der Waals surface area contributed by atoms with Gasteiger partial charge in [-0.25, -0.2) is 18.4 Å². The topological polar surface area (TPSA) is 63.2 Å². The monoisotopic (exact) mass is 463 g/mol. The van der Waals surface area contributed by atoms with Crippen molar-refractivity contribution in [1.29, 1.82) is 0 Å². The fourth-order valence-corrected chi connectivity index (χ4v) is 5.16. The summed E-state index contributed by atoms with van der Waals surface area (Å²) in [6, 6.07) is 10.9. The Morgan fingerprint density at radius 2 is 1.69 bits per heavy atom. The molecule has 9 heteroatoms. The highest BCUT2D eigenvalue weighted by Crippen LogP contribution is 2.40. The smallest absolute Gasteiger partial charge is 0.360 e. The van der Waals surface area contributed by atoms with Crippen LogP contribution in [0.25, 0.3) is 11.3 Å². The van der Waals surface area contributed by atoms with Crippen LogP contribution < -0.4 is 4.90 Å². The van der Waals surface area contributed by atoms with E-state index in [1.54, 1.807) is 39.1 Å². The molecular weight excluding hydrogens is 439 g/mol. The summed E-state index contributed by atoms with van der Waals surface area (Å²) in [6.45, 7) is 6.15. The number of benzene rings is 2. The highest BCUT2D eigenvalue weighted by atomic mass is 32.2. The molecule has 0 aliphatic rings. The van der Waals surface area contributed by atoms with Crippen molar-refractivity contribution in [2.45, 2.75) is 42.7 Å². The average Bonchev–Trinajstić information content (AvgIpc) is 2.77. The lowest BCUT2D eigenvalue weighted by molar-refractivity contribution is -0.139. The molecule has 0 spiro atoms. The maximum atomic E-state index is 14.0. The lowest BCUT2D eigenvalue weighted by Crippen LogP contribution is -2.17. The number of hydrogen-bond donors (Lipinski definition) is 0. The summed E-state index contributed by atoms with van der Waals surface area (Å²) in [5.41, 5.74) is -0.334. The maximum absolute atomic E-state index is 14.0. The zero-order valence-electron chi connectivity index (χ0n) is 18.2. The van der Waals surface area contributed by atoms with E-state index in [9.17, 15) is 21.6 Å². The van der Waals surface area contributed by atoms with E-state index in [0.29, 0.717) is 17.9 Å². The first-order valence-electron chi connectivity index (χ1n) is 10.1. The molecule has 0 amide bonds. The quantitative estimate of drug-likeness (QED) is 0.478. The van der Waals surface area contributed by atoms with Crippen molar-refractivity contribution in [2.75, 3.05) is 18.5 Å². The Labute approximate surface area is 185 Å². The van der Waals surface area contributed by atoms with Crippen LogP contribution in [0.15, 0.2) is 64.6 Å². The second kappa shape index (κ2) is 8.90. The molecule has 0 bridgehead atoms. The van der Waals surface area contributed by atoms with Crippen molar-refractivity contribution in [3.05, 3.63) is 66.0 Å². The van der Waals surface area contributed by atoms with Gasteiger partial charge in [0.1, 0.15) is 12.1 Å². The van der Waals surface area contributed by atoms with Crippen molar-refractivity contribution in [1.82, 2.24) is 9.97 Å². The summed E-state index contributed by atoms with van der Waals surface area (Å²) < 4.78 is 68.7. The zero-order valence-corrected chi connectivity index (χ0v) is 19.0. The Bertz CT molecular complexity index is 1230. The average molecular weight is 464 g/mol. The highest BCUT2D eigenvalue weighted by Gasteiger charge is 2.38. The first kappa shape index (κ1) is 23.7. The minimum absolute atomic E-state index is 0.123. The first-order chi connectivity index (χ1) is 15.0. The predicted octanol–water partition coefficient (Wildman–Crippen LogP) is 5.57. The molecule has 3 rings (SSSR count). The third kappa shape index (κ3) is 4.62. The largest absolute Gasteiger partial charge is 0.417 e. The molecule has 0 unspecified atom stereocenters. The van der Waals surface area contributed by atoms with E-state index in [-0.39, 0.29) is 22.1 Å². The van der Waals surface area contributed by atoms with Gasteiger partial charge in [-0.2, -0.15) is 13.2 Å². The van der Waals surface area contributed by atoms with Crippen LogP contribution in [-0.2, 0) is 16.0 Å². The van der Waals surface area contributed by atoms with Gasteiger partial charge < -0.3 is 4.90 Å². The van der Waals surface area contributed by atoms with Gasteiger partial charge >= 0.3 is 6.18 Å². The van der Waals surface area contributed by atoms with Gasteiger partial charge in [0.15, 0.2) is 0 Å². The van der Waals surface area contributed by atoms with Gasteiger partial charge in [0, 0.05) is 25.2 Å². The molecule has 1 heterocycles. The molecule has 0 saturated carbocycles. The van der Waals surface area contributed by atoms with Gasteiger partial charge in [-0.15, -0.1) is 0 Å². The second-order valence-electron chi connectivity index (χ2n) is 7.68. The zero-order chi connectivity index (χ0) is 23.7. The van der Waals surface area contributed by atoms with Crippen LogP contribution in [0.2, 0.25) is 0 Å². The van der Waals surface area contributed by atoms with E-state index in [0.717, 1.165) is 12.1 Å². The van der Waals surface area contributed by atoms with Crippen molar-refractivity contribution in [2.24, 2.45) is 0 Å². The number of alkyl halides is 3. The van der Waals surface area contributed by atoms with Crippen molar-refractivity contribution in [3.63, 3.8) is 0 Å². The standard InChI is InChI=1S/C23H24F3N3O2S/c1-5-29(4)22-13-19(27-14-28-22)16-10-11-21(18(12-16)23(24,25)26)32(30,31)20-9-7-6-8-17(20)15(2)3/h6-15H,5H2,1-4H3. The highest BCUT2D eigenvalue weighted by molar-refractivity contribution is 7.91. The van der Waals surface area contributed by atoms with E-state index in [2.05, 4.69) is 9.97 Å². The fraction of sp³-hybridized carbons (Fsp3) is 0.304. The molecule has 0 atom stereocenters. The van der Waals surface area contributed by atoms with E-state index in [1.807, 2.05) is 11.8 Å². The molecule has 0 aliphatic heterocycles. The Hall–Kier alpha value is -2.94. The van der Waals surface area contributed by atoms with Crippen molar-refractivity contribution >= 4 is 15.7 Å². The summed E-state index contributed by atoms with van der Waals surface area (Å²) in [5.74, 6) is 0.373. The van der Waals surface area contributed by atoms with Crippen LogP contribution in [0.4, 0.5) is 19.0 Å². The lowest BCUT2D eigenvalue weighted by atomic mass is 10.0. The normalized spacial score (nSPS) is 12.2. The number of halogens is 3. The van der Waals surface area contributed by atoms with E-state index < -0.39 is 26.5 Å². The van der Waals surface area contributed by atoms with Crippen molar-refractivity contribution in [3.8, 4) is 11.3 Å². The molecule has 0 radical (unpaired) electrons. The lowest BCUT2D eigenvalue weighted by Gasteiger charge is -2.18. The molecule has 1 aromatic heterocycles. The van der Waals surface area contributed by atoms with Gasteiger partial charge in [-0.3, -0.25) is 0 Å². The number of rotatable bonds is 6. The number of anilines is 1. The van der Waals surface area contributed by atoms with Gasteiger partial charge in [-0.1, -0.05) is 38.1 Å². The molecule has 0 aliphatic carbocycles. The van der Waals surface area contributed by atoms with Crippen LogP contribution in [0.5, 0.6) is 0 Å². The summed E-state index contributed by atoms with van der Waals surface area (Å²) in [7, 11) is -2.61. The minimum atomic E-state index is -4.87. The minimum Gasteiger partial charge on any atom is -0.360 e. The first-order valence-corrected chi connectivity index (χ1v) is 11.5. The number of aromatic nitrogens is 2. The molecule has 32 heavy (non-hydrogen) atoms. The van der Waals surface area contributed by atoms with E-state index >= 15 is 0 Å². The number of sulfone groups is 1. The van der Waals surface area contributed by atoms with Gasteiger partial charge in [0.05, 0.1) is 21.0 Å². The van der Waals surface area contributed by atoms with Gasteiger partial charge in [0.25, 0.3) is 0 Å². The van der Waals surface area contributed by atoms with E-state index in [4.69, 9.17) is 0 Å². The molecule has 0 saturated heterocycles. The van der Waals surface area contributed by atoms with Crippen LogP contribution in [-0.4, -0.2) is 32.0 Å². The molecule has 0 N–H and O–H groups in total. The van der Waals surface area contributed by atoms with E-state index in [1.165, 1.54) is 24.5 Å². The Morgan fingerprint density at radius 3 is 2.31 bits per heavy atom. The summed E-state index contributed by atoms with van der Waals surface area (Å²) >= 11 is 0. The summed E-state index contributed by atoms with van der Waals surface area (Å²) in [6.07, 6.45) is -3.60. The number of hydrogen-bond acceptors (Lipinski definition) is 5. The third-order valence-corrected chi connectivity index (χ3v) is 7.10. The molecule has 2 aromatic carbocycles. The Kier molecular flexibility index (Phi) is 6.59. The third-order valence-electron chi connectivity index (χ3n) is 5.22.